The zero-order valence-electron chi connectivity index (χ0n) is 18.0. The highest BCUT2D eigenvalue weighted by Crippen LogP contribution is 2.19. The number of hydrogen-bond acceptors (Lipinski definition) is 3. The highest BCUT2D eigenvalue weighted by atomic mass is 127. The number of nitrogens with zero attached hydrogens (tertiary/aromatic N) is 2. The summed E-state index contributed by atoms with van der Waals surface area (Å²) in [5.41, 5.74) is 0.476. The van der Waals surface area contributed by atoms with E-state index < -0.39 is 11.6 Å². The molecule has 1 aromatic rings. The number of piperidine rings is 1. The molecule has 1 amide bonds. The van der Waals surface area contributed by atoms with Gasteiger partial charge in [-0.05, 0) is 30.9 Å². The lowest BCUT2D eigenvalue weighted by Crippen LogP contribution is -2.50. The molecular weight excluding hydrogens is 503 g/mol. The molecule has 0 aromatic heterocycles. The van der Waals surface area contributed by atoms with E-state index in [1.165, 1.54) is 12.1 Å². The second-order valence-corrected chi connectivity index (χ2v) is 7.56. The average Bonchev–Trinajstić information content (AvgIpc) is 2.70. The van der Waals surface area contributed by atoms with Gasteiger partial charge in [-0.1, -0.05) is 19.9 Å². The molecule has 0 radical (unpaired) electrons. The van der Waals surface area contributed by atoms with Crippen LogP contribution in [0.5, 0.6) is 0 Å². The van der Waals surface area contributed by atoms with Gasteiger partial charge in [0.1, 0.15) is 11.6 Å². The summed E-state index contributed by atoms with van der Waals surface area (Å²) in [7, 11) is 1.70. The van der Waals surface area contributed by atoms with E-state index in [2.05, 4.69) is 25.8 Å². The van der Waals surface area contributed by atoms with Crippen molar-refractivity contribution < 1.29 is 13.6 Å². The van der Waals surface area contributed by atoms with E-state index in [-0.39, 0.29) is 41.8 Å². The summed E-state index contributed by atoms with van der Waals surface area (Å²) < 4.78 is 27.0. The van der Waals surface area contributed by atoms with Crippen molar-refractivity contribution in [3.8, 4) is 0 Å². The average molecular weight is 537 g/mol. The van der Waals surface area contributed by atoms with E-state index in [1.807, 2.05) is 13.8 Å². The Morgan fingerprint density at radius 1 is 1.27 bits per heavy atom. The SMILES string of the molecule is CCCNC(=O)CN1CCC(NC(=NC)NCC(C)c2ccc(F)cc2F)CC1.I. The van der Waals surface area contributed by atoms with Crippen LogP contribution in [0.15, 0.2) is 23.2 Å². The van der Waals surface area contributed by atoms with Crippen molar-refractivity contribution in [2.75, 3.05) is 39.8 Å². The van der Waals surface area contributed by atoms with Crippen molar-refractivity contribution in [1.82, 2.24) is 20.9 Å². The molecular formula is C21H34F2IN5O. The van der Waals surface area contributed by atoms with Crippen LogP contribution in [0.2, 0.25) is 0 Å². The maximum Gasteiger partial charge on any atom is 0.234 e. The molecule has 170 valence electrons. The lowest BCUT2D eigenvalue weighted by molar-refractivity contribution is -0.122. The fraction of sp³-hybridized carbons (Fsp3) is 0.619. The second kappa shape index (κ2) is 13.7. The monoisotopic (exact) mass is 537 g/mol. The number of aliphatic imine (C=N–C) groups is 1. The van der Waals surface area contributed by atoms with Gasteiger partial charge in [-0.25, -0.2) is 8.78 Å². The first kappa shape index (κ1) is 26.5. The van der Waals surface area contributed by atoms with Gasteiger partial charge >= 0.3 is 0 Å². The van der Waals surface area contributed by atoms with Crippen LogP contribution in [0.3, 0.4) is 0 Å². The number of nitrogens with one attached hydrogen (secondary N) is 3. The summed E-state index contributed by atoms with van der Waals surface area (Å²) in [6, 6.07) is 3.95. The first-order valence-corrected chi connectivity index (χ1v) is 10.3. The third-order valence-corrected chi connectivity index (χ3v) is 5.16. The number of amides is 1. The molecule has 1 aliphatic heterocycles. The van der Waals surface area contributed by atoms with Crippen LogP contribution in [0.1, 0.15) is 44.6 Å². The van der Waals surface area contributed by atoms with Gasteiger partial charge in [-0.3, -0.25) is 14.7 Å². The quantitative estimate of drug-likeness (QED) is 0.271. The minimum absolute atomic E-state index is 0. The fourth-order valence-corrected chi connectivity index (χ4v) is 3.41. The summed E-state index contributed by atoms with van der Waals surface area (Å²) in [6.07, 6.45) is 2.78. The zero-order chi connectivity index (χ0) is 21.2. The van der Waals surface area contributed by atoms with E-state index in [9.17, 15) is 13.6 Å². The number of likely N-dealkylation sites (tertiary alicyclic amines) is 1. The molecule has 9 heteroatoms. The molecule has 1 aliphatic rings. The van der Waals surface area contributed by atoms with Crippen molar-refractivity contribution in [2.45, 2.75) is 45.1 Å². The molecule has 1 heterocycles. The standard InChI is InChI=1S/C21H33F2N5O.HI/c1-4-9-25-20(29)14-28-10-7-17(8-11-28)27-21(24-3)26-13-15(2)18-6-5-16(22)12-19(18)23;/h5-6,12,15,17H,4,7-11,13-14H2,1-3H3,(H,25,29)(H2,24,26,27);1H. The molecule has 0 spiro atoms. The largest absolute Gasteiger partial charge is 0.356 e. The van der Waals surface area contributed by atoms with Crippen molar-refractivity contribution in [3.63, 3.8) is 0 Å². The van der Waals surface area contributed by atoms with Crippen LogP contribution in [0, 0.1) is 11.6 Å². The van der Waals surface area contributed by atoms with Gasteiger partial charge in [0.25, 0.3) is 0 Å². The predicted octanol–water partition coefficient (Wildman–Crippen LogP) is 2.84. The second-order valence-electron chi connectivity index (χ2n) is 7.56. The van der Waals surface area contributed by atoms with Gasteiger partial charge in [0.05, 0.1) is 6.54 Å². The van der Waals surface area contributed by atoms with Crippen LogP contribution in [0.25, 0.3) is 0 Å². The van der Waals surface area contributed by atoms with Crippen LogP contribution in [-0.2, 0) is 4.79 Å². The Labute approximate surface area is 195 Å². The minimum atomic E-state index is -0.571. The van der Waals surface area contributed by atoms with Crippen molar-refractivity contribution in [2.24, 2.45) is 4.99 Å². The van der Waals surface area contributed by atoms with Gasteiger partial charge in [-0.2, -0.15) is 0 Å². The van der Waals surface area contributed by atoms with Crippen LogP contribution < -0.4 is 16.0 Å². The summed E-state index contributed by atoms with van der Waals surface area (Å²) >= 11 is 0. The summed E-state index contributed by atoms with van der Waals surface area (Å²) in [4.78, 5) is 18.3. The normalized spacial score (nSPS) is 16.5. The summed E-state index contributed by atoms with van der Waals surface area (Å²) in [5, 5.41) is 9.53. The molecule has 1 saturated heterocycles. The Morgan fingerprint density at radius 2 is 1.97 bits per heavy atom. The third-order valence-electron chi connectivity index (χ3n) is 5.16. The molecule has 30 heavy (non-hydrogen) atoms. The zero-order valence-corrected chi connectivity index (χ0v) is 20.3. The summed E-state index contributed by atoms with van der Waals surface area (Å²) in [6.45, 7) is 7.28. The number of carbonyl (C=O) groups excluding carboxylic acids is 1. The number of carbonyl (C=O) groups is 1. The lowest BCUT2D eigenvalue weighted by atomic mass is 10.0. The highest BCUT2D eigenvalue weighted by Gasteiger charge is 2.21. The molecule has 0 aliphatic carbocycles. The van der Waals surface area contributed by atoms with Gasteiger partial charge < -0.3 is 16.0 Å². The van der Waals surface area contributed by atoms with Crippen molar-refractivity contribution in [1.29, 1.82) is 0 Å². The maximum absolute atomic E-state index is 13.9. The molecule has 2 rings (SSSR count). The van der Waals surface area contributed by atoms with Crippen LogP contribution >= 0.6 is 24.0 Å². The van der Waals surface area contributed by atoms with Gasteiger partial charge in [0, 0.05) is 51.3 Å². The van der Waals surface area contributed by atoms with E-state index in [0.717, 1.165) is 45.0 Å². The van der Waals surface area contributed by atoms with E-state index in [4.69, 9.17) is 0 Å². The first-order chi connectivity index (χ1) is 13.9. The third kappa shape index (κ3) is 8.71. The molecule has 0 bridgehead atoms. The van der Waals surface area contributed by atoms with Crippen LogP contribution in [0.4, 0.5) is 8.78 Å². The van der Waals surface area contributed by atoms with Gasteiger partial charge in [-0.15, -0.1) is 24.0 Å². The molecule has 1 fully saturated rings. The van der Waals surface area contributed by atoms with Crippen LogP contribution in [-0.4, -0.2) is 62.6 Å². The molecule has 6 nitrogen and oxygen atoms in total. The Morgan fingerprint density at radius 3 is 2.57 bits per heavy atom. The Kier molecular flexibility index (Phi) is 12.2. The van der Waals surface area contributed by atoms with Gasteiger partial charge in [0.15, 0.2) is 5.96 Å². The van der Waals surface area contributed by atoms with E-state index >= 15 is 0 Å². The summed E-state index contributed by atoms with van der Waals surface area (Å²) in [5.74, 6) is -0.482. The number of halogens is 3. The molecule has 1 unspecified atom stereocenters. The number of hydrogen-bond donors (Lipinski definition) is 3. The Bertz CT molecular complexity index is 696. The van der Waals surface area contributed by atoms with Gasteiger partial charge in [0.2, 0.25) is 5.91 Å². The maximum atomic E-state index is 13.9. The van der Waals surface area contributed by atoms with E-state index in [0.29, 0.717) is 24.6 Å². The first-order valence-electron chi connectivity index (χ1n) is 10.3. The molecule has 0 saturated carbocycles. The smallest absolute Gasteiger partial charge is 0.234 e. The minimum Gasteiger partial charge on any atom is -0.356 e. The lowest BCUT2D eigenvalue weighted by Gasteiger charge is -2.32. The topological polar surface area (TPSA) is 68.8 Å². The molecule has 1 atom stereocenters. The Balaban J connectivity index is 0.00000450. The highest BCUT2D eigenvalue weighted by molar-refractivity contribution is 14.0. The molecule has 3 N–H and O–H groups in total. The van der Waals surface area contributed by atoms with Crippen molar-refractivity contribution in [3.05, 3.63) is 35.4 Å². The number of guanidine groups is 1. The molecule has 1 aromatic carbocycles. The Hall–Kier alpha value is -1.49. The van der Waals surface area contributed by atoms with E-state index in [1.54, 1.807) is 7.05 Å². The number of benzene rings is 1. The van der Waals surface area contributed by atoms with Crippen molar-refractivity contribution >= 4 is 35.8 Å². The fourth-order valence-electron chi connectivity index (χ4n) is 3.41. The predicted molar refractivity (Wildman–Crippen MR) is 127 cm³/mol. The number of rotatable bonds is 8.